The largest absolute Gasteiger partial charge is 0.496 e. The van der Waals surface area contributed by atoms with Crippen LogP contribution in [-0.2, 0) is 0 Å². The number of aromatic nitrogens is 3. The number of ether oxygens (including phenoxy) is 1. The van der Waals surface area contributed by atoms with E-state index in [1.807, 2.05) is 18.4 Å². The van der Waals surface area contributed by atoms with Crippen molar-refractivity contribution < 1.29 is 13.9 Å². The van der Waals surface area contributed by atoms with Gasteiger partial charge in [-0.2, -0.15) is 0 Å². The first-order chi connectivity index (χ1) is 10.5. The molecule has 0 fully saturated rings. The van der Waals surface area contributed by atoms with Crippen LogP contribution in [0.3, 0.4) is 0 Å². The van der Waals surface area contributed by atoms with E-state index in [-0.39, 0.29) is 17.4 Å². The van der Waals surface area contributed by atoms with Crippen LogP contribution >= 0.6 is 0 Å². The number of hydrogen-bond donors (Lipinski definition) is 1. The van der Waals surface area contributed by atoms with Crippen LogP contribution in [0.2, 0.25) is 0 Å². The molecule has 0 aliphatic carbocycles. The van der Waals surface area contributed by atoms with Crippen molar-refractivity contribution in [2.24, 2.45) is 0 Å². The average molecular weight is 306 g/mol. The Morgan fingerprint density at radius 1 is 1.36 bits per heavy atom. The molecule has 118 valence electrons. The van der Waals surface area contributed by atoms with E-state index >= 15 is 0 Å². The minimum absolute atomic E-state index is 0.118. The van der Waals surface area contributed by atoms with Crippen molar-refractivity contribution in [3.63, 3.8) is 0 Å². The van der Waals surface area contributed by atoms with Crippen molar-refractivity contribution in [3.8, 4) is 5.75 Å². The summed E-state index contributed by atoms with van der Waals surface area (Å²) < 4.78 is 20.8. The number of benzene rings is 1. The number of nitrogens with zero attached hydrogens (tertiary/aromatic N) is 3. The van der Waals surface area contributed by atoms with Gasteiger partial charge in [-0.1, -0.05) is 6.07 Å². The normalized spacial score (nSPS) is 12.3. The molecule has 0 aliphatic rings. The Hall–Kier alpha value is -2.44. The Balaban J connectivity index is 2.24. The molecule has 7 heteroatoms. The Labute approximate surface area is 128 Å². The number of rotatable bonds is 5. The summed E-state index contributed by atoms with van der Waals surface area (Å²) >= 11 is 0. The second kappa shape index (κ2) is 6.55. The predicted molar refractivity (Wildman–Crippen MR) is 79.2 cm³/mol. The van der Waals surface area contributed by atoms with Crippen molar-refractivity contribution in [1.29, 1.82) is 0 Å². The van der Waals surface area contributed by atoms with Gasteiger partial charge in [-0.25, -0.2) is 4.39 Å². The van der Waals surface area contributed by atoms with E-state index in [1.54, 1.807) is 19.3 Å². The fourth-order valence-electron chi connectivity index (χ4n) is 2.19. The summed E-state index contributed by atoms with van der Waals surface area (Å²) in [5.74, 6) is -0.385. The molecular formula is C15H19FN4O2. The molecule has 22 heavy (non-hydrogen) atoms. The molecule has 1 heterocycles. The SMILES string of the molecule is COc1cccc(F)c1C(=O)N[C@H](C)c1nncn1C(C)C. The van der Waals surface area contributed by atoms with Gasteiger partial charge in [0.1, 0.15) is 23.5 Å². The van der Waals surface area contributed by atoms with E-state index in [4.69, 9.17) is 4.74 Å². The second-order valence-electron chi connectivity index (χ2n) is 5.20. The monoisotopic (exact) mass is 306 g/mol. The van der Waals surface area contributed by atoms with Gasteiger partial charge in [0.15, 0.2) is 5.82 Å². The molecular weight excluding hydrogens is 287 g/mol. The number of halogens is 1. The fraction of sp³-hybridized carbons (Fsp3) is 0.400. The minimum Gasteiger partial charge on any atom is -0.496 e. The van der Waals surface area contributed by atoms with Crippen LogP contribution in [0.4, 0.5) is 4.39 Å². The van der Waals surface area contributed by atoms with Gasteiger partial charge < -0.3 is 14.6 Å². The molecule has 2 rings (SSSR count). The van der Waals surface area contributed by atoms with Crippen LogP contribution in [0.1, 0.15) is 49.0 Å². The van der Waals surface area contributed by atoms with Crippen molar-refractivity contribution in [1.82, 2.24) is 20.1 Å². The number of carbonyl (C=O) groups is 1. The van der Waals surface area contributed by atoms with Crippen LogP contribution < -0.4 is 10.1 Å². The van der Waals surface area contributed by atoms with Crippen molar-refractivity contribution in [2.45, 2.75) is 32.9 Å². The highest BCUT2D eigenvalue weighted by molar-refractivity contribution is 5.97. The van der Waals surface area contributed by atoms with Crippen molar-refractivity contribution >= 4 is 5.91 Å². The van der Waals surface area contributed by atoms with Gasteiger partial charge in [-0.05, 0) is 32.9 Å². The number of nitrogens with one attached hydrogen (secondary N) is 1. The zero-order valence-electron chi connectivity index (χ0n) is 13.0. The second-order valence-corrected chi connectivity index (χ2v) is 5.20. The zero-order chi connectivity index (χ0) is 16.3. The summed E-state index contributed by atoms with van der Waals surface area (Å²) in [5, 5.41) is 10.6. The molecule has 1 N–H and O–H groups in total. The number of amides is 1. The van der Waals surface area contributed by atoms with Gasteiger partial charge in [0.2, 0.25) is 0 Å². The standard InChI is InChI=1S/C15H19FN4O2/c1-9(2)20-8-17-19-14(20)10(3)18-15(21)13-11(16)6-5-7-12(13)22-4/h5-10H,1-4H3,(H,18,21)/t10-/m1/s1. The Morgan fingerprint density at radius 2 is 2.09 bits per heavy atom. The summed E-state index contributed by atoms with van der Waals surface area (Å²) in [7, 11) is 1.39. The highest BCUT2D eigenvalue weighted by Gasteiger charge is 2.22. The highest BCUT2D eigenvalue weighted by atomic mass is 19.1. The van der Waals surface area contributed by atoms with E-state index < -0.39 is 17.8 Å². The van der Waals surface area contributed by atoms with Crippen LogP contribution in [0, 0.1) is 5.82 Å². The lowest BCUT2D eigenvalue weighted by molar-refractivity contribution is 0.0930. The van der Waals surface area contributed by atoms with Gasteiger partial charge in [0.05, 0.1) is 13.2 Å². The maximum Gasteiger partial charge on any atom is 0.258 e. The van der Waals surface area contributed by atoms with Crippen molar-refractivity contribution in [3.05, 3.63) is 41.7 Å². The molecule has 0 bridgehead atoms. The van der Waals surface area contributed by atoms with Gasteiger partial charge in [-0.15, -0.1) is 10.2 Å². The van der Waals surface area contributed by atoms with Gasteiger partial charge in [0.25, 0.3) is 5.91 Å². The third-order valence-corrected chi connectivity index (χ3v) is 3.31. The molecule has 1 aromatic carbocycles. The van der Waals surface area contributed by atoms with E-state index in [2.05, 4.69) is 15.5 Å². The number of hydrogen-bond acceptors (Lipinski definition) is 4. The molecule has 1 amide bonds. The molecule has 0 saturated carbocycles. The molecule has 0 radical (unpaired) electrons. The van der Waals surface area contributed by atoms with Gasteiger partial charge in [0, 0.05) is 6.04 Å². The highest BCUT2D eigenvalue weighted by Crippen LogP contribution is 2.22. The topological polar surface area (TPSA) is 69.0 Å². The van der Waals surface area contributed by atoms with Crippen molar-refractivity contribution in [2.75, 3.05) is 7.11 Å². The fourth-order valence-corrected chi connectivity index (χ4v) is 2.19. The first kappa shape index (κ1) is 15.9. The number of carbonyl (C=O) groups excluding carboxylic acids is 1. The number of methoxy groups -OCH3 is 1. The Kier molecular flexibility index (Phi) is 4.75. The first-order valence-electron chi connectivity index (χ1n) is 6.98. The average Bonchev–Trinajstić information content (AvgIpc) is 2.96. The lowest BCUT2D eigenvalue weighted by Gasteiger charge is -2.17. The maximum atomic E-state index is 13.9. The van der Waals surface area contributed by atoms with Gasteiger partial charge >= 0.3 is 0 Å². The summed E-state index contributed by atoms with van der Waals surface area (Å²) in [4.78, 5) is 12.3. The van der Waals surface area contributed by atoms with Crippen LogP contribution in [0.15, 0.2) is 24.5 Å². The molecule has 0 spiro atoms. The summed E-state index contributed by atoms with van der Waals surface area (Å²) in [5.41, 5.74) is -0.118. The first-order valence-corrected chi connectivity index (χ1v) is 6.98. The van der Waals surface area contributed by atoms with E-state index in [1.165, 1.54) is 19.2 Å². The van der Waals surface area contributed by atoms with Crippen LogP contribution in [0.25, 0.3) is 0 Å². The lowest BCUT2D eigenvalue weighted by atomic mass is 10.1. The quantitative estimate of drug-likeness (QED) is 0.921. The molecule has 2 aromatic rings. The third-order valence-electron chi connectivity index (χ3n) is 3.31. The summed E-state index contributed by atoms with van der Waals surface area (Å²) in [6.07, 6.45) is 1.60. The predicted octanol–water partition coefficient (Wildman–Crippen LogP) is 2.50. The van der Waals surface area contributed by atoms with Crippen LogP contribution in [0.5, 0.6) is 5.75 Å². The Morgan fingerprint density at radius 3 is 2.73 bits per heavy atom. The summed E-state index contributed by atoms with van der Waals surface area (Å²) in [6, 6.07) is 4.00. The van der Waals surface area contributed by atoms with E-state index in [9.17, 15) is 9.18 Å². The molecule has 1 atom stereocenters. The third kappa shape index (κ3) is 3.08. The molecule has 1 aromatic heterocycles. The van der Waals surface area contributed by atoms with Crippen LogP contribution in [-0.4, -0.2) is 27.8 Å². The Bertz CT molecular complexity index is 669. The van der Waals surface area contributed by atoms with E-state index in [0.29, 0.717) is 5.82 Å². The minimum atomic E-state index is -0.630. The zero-order valence-corrected chi connectivity index (χ0v) is 13.0. The smallest absolute Gasteiger partial charge is 0.258 e. The van der Waals surface area contributed by atoms with E-state index in [0.717, 1.165) is 0 Å². The lowest BCUT2D eigenvalue weighted by Crippen LogP contribution is -2.30. The summed E-state index contributed by atoms with van der Waals surface area (Å²) in [6.45, 7) is 5.75. The molecule has 0 unspecified atom stereocenters. The van der Waals surface area contributed by atoms with Gasteiger partial charge in [-0.3, -0.25) is 4.79 Å². The maximum absolute atomic E-state index is 13.9. The molecule has 0 saturated heterocycles. The molecule has 0 aliphatic heterocycles. The molecule has 6 nitrogen and oxygen atoms in total.